The number of benzene rings is 1. The van der Waals surface area contributed by atoms with Crippen LogP contribution in [0.3, 0.4) is 0 Å². The third-order valence-electron chi connectivity index (χ3n) is 6.16. The minimum atomic E-state index is -0.493. The topological polar surface area (TPSA) is 116 Å². The Morgan fingerprint density at radius 2 is 1.94 bits per heavy atom. The number of carbonyl (C=O) groups excluding carboxylic acids is 2. The molecule has 1 aliphatic rings. The molecular weight excluding hydrogens is 444 g/mol. The number of ether oxygens (including phenoxy) is 1. The van der Waals surface area contributed by atoms with Crippen molar-refractivity contribution in [3.05, 3.63) is 65.6 Å². The number of carbonyl (C=O) groups is 2. The summed E-state index contributed by atoms with van der Waals surface area (Å²) in [4.78, 5) is 40.2. The van der Waals surface area contributed by atoms with Crippen molar-refractivity contribution in [2.45, 2.75) is 65.0 Å². The van der Waals surface area contributed by atoms with Crippen LogP contribution in [0, 0.1) is 6.92 Å². The second-order valence-electron chi connectivity index (χ2n) is 9.18. The average Bonchev–Trinajstić information content (AvgIpc) is 3.32. The fourth-order valence-electron chi connectivity index (χ4n) is 4.44. The zero-order valence-electron chi connectivity index (χ0n) is 20.5. The predicted octanol–water partition coefficient (Wildman–Crippen LogP) is 4.14. The Balaban J connectivity index is 1.49. The van der Waals surface area contributed by atoms with Gasteiger partial charge < -0.3 is 19.9 Å². The summed E-state index contributed by atoms with van der Waals surface area (Å²) in [6.07, 6.45) is 6.90. The lowest BCUT2D eigenvalue weighted by molar-refractivity contribution is -0.135. The lowest BCUT2D eigenvalue weighted by atomic mass is 10.0. The molecule has 2 amide bonds. The minimum absolute atomic E-state index is 0.0905. The zero-order valence-corrected chi connectivity index (χ0v) is 20.5. The summed E-state index contributed by atoms with van der Waals surface area (Å²) >= 11 is 0. The molecule has 3 heterocycles. The van der Waals surface area contributed by atoms with Gasteiger partial charge >= 0.3 is 0 Å². The summed E-state index contributed by atoms with van der Waals surface area (Å²) in [7, 11) is 0. The maximum absolute atomic E-state index is 13.3. The van der Waals surface area contributed by atoms with Crippen LogP contribution in [0.2, 0.25) is 0 Å². The van der Waals surface area contributed by atoms with Crippen LogP contribution >= 0.6 is 0 Å². The summed E-state index contributed by atoms with van der Waals surface area (Å²) in [5, 5.41) is 0. The predicted molar refractivity (Wildman–Crippen MR) is 131 cm³/mol. The van der Waals surface area contributed by atoms with Crippen molar-refractivity contribution in [3.8, 4) is 11.6 Å². The highest BCUT2D eigenvalue weighted by Gasteiger charge is 2.30. The van der Waals surface area contributed by atoms with E-state index in [1.807, 2.05) is 18.0 Å². The fourth-order valence-corrected chi connectivity index (χ4v) is 4.44. The Morgan fingerprint density at radius 3 is 2.66 bits per heavy atom. The van der Waals surface area contributed by atoms with Gasteiger partial charge in [-0.1, -0.05) is 13.8 Å². The first-order valence-electron chi connectivity index (χ1n) is 12.1. The highest BCUT2D eigenvalue weighted by molar-refractivity contribution is 5.92. The number of amides is 2. The molecule has 9 nitrogen and oxygen atoms in total. The number of hydrogen-bond acceptors (Lipinski definition) is 6. The van der Waals surface area contributed by atoms with E-state index in [4.69, 9.17) is 10.5 Å². The molecule has 0 bridgehead atoms. The van der Waals surface area contributed by atoms with Crippen LogP contribution in [-0.2, 0) is 11.3 Å². The van der Waals surface area contributed by atoms with Crippen LogP contribution < -0.4 is 10.5 Å². The van der Waals surface area contributed by atoms with Crippen molar-refractivity contribution in [3.63, 3.8) is 0 Å². The summed E-state index contributed by atoms with van der Waals surface area (Å²) in [5.74, 6) is 2.41. The van der Waals surface area contributed by atoms with Gasteiger partial charge in [0.05, 0.1) is 6.04 Å². The molecule has 0 unspecified atom stereocenters. The van der Waals surface area contributed by atoms with Gasteiger partial charge in [-0.2, -0.15) is 4.98 Å². The molecule has 1 atom stereocenters. The Morgan fingerprint density at radius 1 is 1.17 bits per heavy atom. The molecule has 0 saturated carbocycles. The maximum atomic E-state index is 13.3. The number of aromatic nitrogens is 4. The van der Waals surface area contributed by atoms with Crippen molar-refractivity contribution < 1.29 is 14.3 Å². The van der Waals surface area contributed by atoms with E-state index in [9.17, 15) is 9.59 Å². The summed E-state index contributed by atoms with van der Waals surface area (Å²) in [6, 6.07) is 8.14. The number of imidazole rings is 1. The van der Waals surface area contributed by atoms with Crippen LogP contribution in [-0.4, -0.2) is 42.8 Å². The molecule has 9 heteroatoms. The molecule has 1 aliphatic heterocycles. The molecule has 1 saturated heterocycles. The van der Waals surface area contributed by atoms with E-state index in [1.165, 1.54) is 0 Å². The second-order valence-corrected chi connectivity index (χ2v) is 9.18. The van der Waals surface area contributed by atoms with Crippen LogP contribution in [0.5, 0.6) is 11.6 Å². The van der Waals surface area contributed by atoms with Crippen molar-refractivity contribution >= 4 is 11.8 Å². The fraction of sp³-hybridized carbons (Fsp3) is 0.423. The Labute approximate surface area is 205 Å². The minimum Gasteiger partial charge on any atom is -0.439 e. The number of rotatable bonds is 8. The first-order chi connectivity index (χ1) is 16.8. The Kier molecular flexibility index (Phi) is 7.43. The van der Waals surface area contributed by atoms with E-state index in [0.717, 1.165) is 30.8 Å². The van der Waals surface area contributed by atoms with E-state index in [2.05, 4.69) is 33.4 Å². The third kappa shape index (κ3) is 5.85. The van der Waals surface area contributed by atoms with Gasteiger partial charge in [0.1, 0.15) is 11.6 Å². The highest BCUT2D eigenvalue weighted by Crippen LogP contribution is 2.31. The number of hydrogen-bond donors (Lipinski definition) is 1. The molecule has 35 heavy (non-hydrogen) atoms. The largest absolute Gasteiger partial charge is 0.439 e. The van der Waals surface area contributed by atoms with Crippen LogP contribution in [0.4, 0.5) is 0 Å². The molecule has 2 N–H and O–H groups in total. The highest BCUT2D eigenvalue weighted by atomic mass is 16.5. The van der Waals surface area contributed by atoms with Gasteiger partial charge in [0.25, 0.3) is 0 Å². The molecule has 2 aromatic heterocycles. The number of nitrogens with two attached hydrogens (primary N) is 1. The van der Waals surface area contributed by atoms with Gasteiger partial charge in [-0.05, 0) is 50.5 Å². The number of likely N-dealkylation sites (tertiary alicyclic amines) is 1. The van der Waals surface area contributed by atoms with E-state index in [1.54, 1.807) is 36.5 Å². The van der Waals surface area contributed by atoms with E-state index >= 15 is 0 Å². The molecule has 4 rings (SSSR count). The van der Waals surface area contributed by atoms with Gasteiger partial charge in [0.15, 0.2) is 5.82 Å². The van der Waals surface area contributed by atoms with Crippen molar-refractivity contribution in [1.82, 2.24) is 24.4 Å². The SMILES string of the molecule is Cc1cc(Oc2ccc(C(N)=O)cc2)nc([C@H]2CCCCN2C(=O)CCn2ccnc2C(C)C)n1. The number of nitrogens with zero attached hydrogens (tertiary/aromatic N) is 5. The molecule has 0 radical (unpaired) electrons. The first kappa shape index (κ1) is 24.4. The standard InChI is InChI=1S/C26H32N6O3/c1-17(2)26-28-12-15-31(26)14-11-23(33)32-13-5-4-6-21(32)25-29-18(3)16-22(30-25)35-20-9-7-19(8-10-20)24(27)34/h7-10,12,15-17,21H,4-6,11,13-14H2,1-3H3,(H2,27,34)/t21-/m1/s1. The Hall–Kier alpha value is -3.75. The van der Waals surface area contributed by atoms with Gasteiger partial charge in [-0.25, -0.2) is 9.97 Å². The molecule has 184 valence electrons. The number of primary amides is 1. The second kappa shape index (κ2) is 10.7. The monoisotopic (exact) mass is 476 g/mol. The van der Waals surface area contributed by atoms with Gasteiger partial charge in [-0.3, -0.25) is 9.59 Å². The smallest absolute Gasteiger partial charge is 0.248 e. The van der Waals surface area contributed by atoms with Crippen molar-refractivity contribution in [2.75, 3.05) is 6.54 Å². The molecular formula is C26H32N6O3. The Bertz CT molecular complexity index is 1190. The number of piperidine rings is 1. The third-order valence-corrected chi connectivity index (χ3v) is 6.16. The zero-order chi connectivity index (χ0) is 24.9. The quantitative estimate of drug-likeness (QED) is 0.522. The van der Waals surface area contributed by atoms with Crippen molar-refractivity contribution in [2.24, 2.45) is 5.73 Å². The lowest BCUT2D eigenvalue weighted by Crippen LogP contribution is -2.39. The van der Waals surface area contributed by atoms with Crippen LogP contribution in [0.15, 0.2) is 42.7 Å². The number of aryl methyl sites for hydroxylation is 2. The first-order valence-corrected chi connectivity index (χ1v) is 12.1. The van der Waals surface area contributed by atoms with E-state index in [0.29, 0.717) is 48.4 Å². The van der Waals surface area contributed by atoms with E-state index in [-0.39, 0.29) is 11.9 Å². The summed E-state index contributed by atoms with van der Waals surface area (Å²) in [6.45, 7) is 7.37. The lowest BCUT2D eigenvalue weighted by Gasteiger charge is -2.35. The van der Waals surface area contributed by atoms with Gasteiger partial charge in [0, 0.05) is 55.1 Å². The van der Waals surface area contributed by atoms with Crippen LogP contribution in [0.25, 0.3) is 0 Å². The summed E-state index contributed by atoms with van der Waals surface area (Å²) in [5.41, 5.74) is 6.48. The normalized spacial score (nSPS) is 15.9. The molecule has 1 aromatic carbocycles. The van der Waals surface area contributed by atoms with Crippen LogP contribution in [0.1, 0.15) is 79.2 Å². The maximum Gasteiger partial charge on any atom is 0.248 e. The average molecular weight is 477 g/mol. The molecule has 0 aliphatic carbocycles. The van der Waals surface area contributed by atoms with Crippen molar-refractivity contribution in [1.29, 1.82) is 0 Å². The summed E-state index contributed by atoms with van der Waals surface area (Å²) < 4.78 is 7.99. The van der Waals surface area contributed by atoms with Gasteiger partial charge in [0.2, 0.25) is 17.7 Å². The molecule has 0 spiro atoms. The van der Waals surface area contributed by atoms with E-state index < -0.39 is 5.91 Å². The van der Waals surface area contributed by atoms with Gasteiger partial charge in [-0.15, -0.1) is 0 Å². The molecule has 3 aromatic rings. The molecule has 1 fully saturated rings.